The third-order valence-electron chi connectivity index (χ3n) is 4.51. The van der Waals surface area contributed by atoms with Crippen LogP contribution in [0.5, 0.6) is 0 Å². The number of hydrogen-bond donors (Lipinski definition) is 2. The molecule has 31 heavy (non-hydrogen) atoms. The SMILES string of the molecule is COC(=O)c1ccc(NC(=O)Cn2nnc(C(=O)Nc3ccc(C)c(F)c3)c2C)cc1. The molecule has 9 nitrogen and oxygen atoms in total. The third-order valence-corrected chi connectivity index (χ3v) is 4.51. The van der Waals surface area contributed by atoms with E-state index in [1.807, 2.05) is 0 Å². The second-order valence-electron chi connectivity index (χ2n) is 6.72. The van der Waals surface area contributed by atoms with E-state index in [0.717, 1.165) is 0 Å². The zero-order chi connectivity index (χ0) is 22.5. The molecule has 2 N–H and O–H groups in total. The molecule has 0 aliphatic rings. The number of nitrogens with one attached hydrogen (secondary N) is 2. The van der Waals surface area contributed by atoms with Gasteiger partial charge < -0.3 is 15.4 Å². The number of anilines is 2. The average molecular weight is 425 g/mol. The lowest BCUT2D eigenvalue weighted by molar-refractivity contribution is -0.117. The number of aromatic nitrogens is 3. The van der Waals surface area contributed by atoms with Crippen molar-refractivity contribution in [2.45, 2.75) is 20.4 Å². The van der Waals surface area contributed by atoms with Gasteiger partial charge in [0.15, 0.2) is 5.69 Å². The smallest absolute Gasteiger partial charge is 0.337 e. The van der Waals surface area contributed by atoms with Crippen LogP contribution in [0.3, 0.4) is 0 Å². The molecule has 0 aliphatic carbocycles. The molecule has 0 saturated carbocycles. The van der Waals surface area contributed by atoms with Crippen LogP contribution in [0.1, 0.15) is 32.1 Å². The Morgan fingerprint density at radius 3 is 2.35 bits per heavy atom. The van der Waals surface area contributed by atoms with Crippen LogP contribution >= 0.6 is 0 Å². The summed E-state index contributed by atoms with van der Waals surface area (Å²) < 4.78 is 19.6. The maximum Gasteiger partial charge on any atom is 0.337 e. The van der Waals surface area contributed by atoms with Gasteiger partial charge in [-0.05, 0) is 55.8 Å². The van der Waals surface area contributed by atoms with Crippen LogP contribution in [-0.2, 0) is 16.1 Å². The van der Waals surface area contributed by atoms with E-state index in [1.54, 1.807) is 38.1 Å². The minimum absolute atomic E-state index is 0.0243. The molecule has 0 bridgehead atoms. The van der Waals surface area contributed by atoms with Crippen molar-refractivity contribution in [3.8, 4) is 0 Å². The topological polar surface area (TPSA) is 115 Å². The van der Waals surface area contributed by atoms with Gasteiger partial charge in [-0.2, -0.15) is 0 Å². The fraction of sp³-hybridized carbons (Fsp3) is 0.190. The standard InChI is InChI=1S/C21H20FN5O4/c1-12-4-7-16(10-17(12)22)24-20(29)19-13(2)27(26-25-19)11-18(28)23-15-8-5-14(6-9-15)21(30)31-3/h4-10H,11H2,1-3H3,(H,23,28)(H,24,29). The Morgan fingerprint density at radius 2 is 1.71 bits per heavy atom. The van der Waals surface area contributed by atoms with Gasteiger partial charge >= 0.3 is 5.97 Å². The minimum atomic E-state index is -0.564. The summed E-state index contributed by atoms with van der Waals surface area (Å²) in [4.78, 5) is 36.2. The number of carbonyl (C=O) groups excluding carboxylic acids is 3. The maximum absolute atomic E-state index is 13.7. The highest BCUT2D eigenvalue weighted by Crippen LogP contribution is 2.15. The predicted octanol–water partition coefficient (Wildman–Crippen LogP) is 2.71. The van der Waals surface area contributed by atoms with Crippen LogP contribution in [0.4, 0.5) is 15.8 Å². The third kappa shape index (κ3) is 5.10. The summed E-state index contributed by atoms with van der Waals surface area (Å²) in [7, 11) is 1.28. The monoisotopic (exact) mass is 425 g/mol. The van der Waals surface area contributed by atoms with Crippen LogP contribution in [0.25, 0.3) is 0 Å². The van der Waals surface area contributed by atoms with Crippen LogP contribution in [0.15, 0.2) is 42.5 Å². The summed E-state index contributed by atoms with van der Waals surface area (Å²) >= 11 is 0. The number of ether oxygens (including phenoxy) is 1. The molecular weight excluding hydrogens is 405 g/mol. The number of methoxy groups -OCH3 is 1. The van der Waals surface area contributed by atoms with Crippen LogP contribution in [0.2, 0.25) is 0 Å². The molecule has 0 fully saturated rings. The number of esters is 1. The van der Waals surface area contributed by atoms with E-state index in [9.17, 15) is 18.8 Å². The summed E-state index contributed by atoms with van der Waals surface area (Å²) in [5, 5.41) is 12.9. The minimum Gasteiger partial charge on any atom is -0.465 e. The highest BCUT2D eigenvalue weighted by molar-refractivity contribution is 6.03. The zero-order valence-corrected chi connectivity index (χ0v) is 17.1. The van der Waals surface area contributed by atoms with Gasteiger partial charge in [-0.15, -0.1) is 5.10 Å². The van der Waals surface area contributed by atoms with E-state index in [4.69, 9.17) is 0 Å². The molecule has 10 heteroatoms. The lowest BCUT2D eigenvalue weighted by Gasteiger charge is -2.08. The maximum atomic E-state index is 13.7. The quantitative estimate of drug-likeness (QED) is 0.587. The fourth-order valence-corrected chi connectivity index (χ4v) is 2.73. The second-order valence-corrected chi connectivity index (χ2v) is 6.72. The molecule has 1 aromatic heterocycles. The molecule has 1 heterocycles. The summed E-state index contributed by atoms with van der Waals surface area (Å²) in [5.74, 6) is -1.87. The molecule has 3 aromatic rings. The lowest BCUT2D eigenvalue weighted by Crippen LogP contribution is -2.21. The van der Waals surface area contributed by atoms with Crippen molar-refractivity contribution in [2.24, 2.45) is 0 Å². The Hall–Kier alpha value is -4.08. The van der Waals surface area contributed by atoms with Crippen molar-refractivity contribution < 1.29 is 23.5 Å². The van der Waals surface area contributed by atoms with Crippen molar-refractivity contribution in [3.63, 3.8) is 0 Å². The summed E-state index contributed by atoms with van der Waals surface area (Å²) in [6, 6.07) is 10.5. The molecule has 0 saturated heterocycles. The van der Waals surface area contributed by atoms with Gasteiger partial charge in [0.2, 0.25) is 5.91 Å². The highest BCUT2D eigenvalue weighted by Gasteiger charge is 2.18. The Kier molecular flexibility index (Phi) is 6.39. The van der Waals surface area contributed by atoms with Crippen LogP contribution in [-0.4, -0.2) is 39.9 Å². The van der Waals surface area contributed by atoms with Crippen molar-refractivity contribution in [3.05, 3.63) is 70.8 Å². The first-order valence-electron chi connectivity index (χ1n) is 9.24. The average Bonchev–Trinajstić information content (AvgIpc) is 3.10. The number of halogens is 1. The summed E-state index contributed by atoms with van der Waals surface area (Å²) in [5.41, 5.74) is 1.99. The van der Waals surface area contributed by atoms with Crippen molar-refractivity contribution in [2.75, 3.05) is 17.7 Å². The Balaban J connectivity index is 1.64. The van der Waals surface area contributed by atoms with Gasteiger partial charge in [0.1, 0.15) is 12.4 Å². The number of hydrogen-bond acceptors (Lipinski definition) is 6. The van der Waals surface area contributed by atoms with Gasteiger partial charge in [-0.3, -0.25) is 9.59 Å². The van der Waals surface area contributed by atoms with E-state index < -0.39 is 23.6 Å². The first-order chi connectivity index (χ1) is 14.8. The van der Waals surface area contributed by atoms with Gasteiger partial charge in [-0.25, -0.2) is 13.9 Å². The summed E-state index contributed by atoms with van der Waals surface area (Å²) in [6.07, 6.45) is 0. The number of carbonyl (C=O) groups is 3. The molecule has 0 aliphatic heterocycles. The second kappa shape index (κ2) is 9.16. The van der Waals surface area contributed by atoms with Crippen molar-refractivity contribution in [1.82, 2.24) is 15.0 Å². The number of aryl methyl sites for hydroxylation is 1. The molecule has 0 radical (unpaired) electrons. The first kappa shape index (κ1) is 21.6. The summed E-state index contributed by atoms with van der Waals surface area (Å²) in [6.45, 7) is 3.04. The number of benzene rings is 2. The van der Waals surface area contributed by atoms with Crippen LogP contribution in [0, 0.1) is 19.7 Å². The number of nitrogens with zero attached hydrogens (tertiary/aromatic N) is 3. The van der Waals surface area contributed by atoms with E-state index in [0.29, 0.717) is 22.5 Å². The molecule has 2 aromatic carbocycles. The van der Waals surface area contributed by atoms with Gasteiger partial charge in [0.05, 0.1) is 18.4 Å². The van der Waals surface area contributed by atoms with Gasteiger partial charge in [-0.1, -0.05) is 11.3 Å². The molecule has 0 spiro atoms. The molecular formula is C21H20FN5O4. The van der Waals surface area contributed by atoms with Crippen LogP contribution < -0.4 is 10.6 Å². The predicted molar refractivity (Wildman–Crippen MR) is 110 cm³/mol. The van der Waals surface area contributed by atoms with Gasteiger partial charge in [0, 0.05) is 11.4 Å². The fourth-order valence-electron chi connectivity index (χ4n) is 2.73. The van der Waals surface area contributed by atoms with E-state index >= 15 is 0 Å². The molecule has 160 valence electrons. The molecule has 0 atom stereocenters. The Labute approximate surface area is 177 Å². The van der Waals surface area contributed by atoms with Crippen molar-refractivity contribution in [1.29, 1.82) is 0 Å². The van der Waals surface area contributed by atoms with E-state index in [1.165, 1.54) is 30.0 Å². The first-order valence-corrected chi connectivity index (χ1v) is 9.24. The number of rotatable bonds is 6. The van der Waals surface area contributed by atoms with Crippen molar-refractivity contribution >= 4 is 29.2 Å². The molecule has 3 rings (SSSR count). The van der Waals surface area contributed by atoms with Gasteiger partial charge in [0.25, 0.3) is 5.91 Å². The van der Waals surface area contributed by atoms with E-state index in [2.05, 4.69) is 25.7 Å². The zero-order valence-electron chi connectivity index (χ0n) is 17.1. The Bertz CT molecular complexity index is 1140. The highest BCUT2D eigenvalue weighted by atomic mass is 19.1. The van der Waals surface area contributed by atoms with E-state index in [-0.39, 0.29) is 17.9 Å². The molecule has 2 amide bonds. The number of amides is 2. The Morgan fingerprint density at radius 1 is 1.03 bits per heavy atom. The molecule has 0 unspecified atom stereocenters. The largest absolute Gasteiger partial charge is 0.465 e. The normalized spacial score (nSPS) is 10.5. The lowest BCUT2D eigenvalue weighted by atomic mass is 10.2.